The van der Waals surface area contributed by atoms with Crippen LogP contribution in [0.2, 0.25) is 0 Å². The van der Waals surface area contributed by atoms with E-state index in [1.54, 1.807) is 19.3 Å². The highest BCUT2D eigenvalue weighted by Crippen LogP contribution is 2.35. The molecule has 12 nitrogen and oxygen atoms in total. The maximum absolute atomic E-state index is 12.8. The van der Waals surface area contributed by atoms with Gasteiger partial charge in [0.2, 0.25) is 5.82 Å². The number of amides is 1. The summed E-state index contributed by atoms with van der Waals surface area (Å²) in [4.78, 5) is 26.9. The van der Waals surface area contributed by atoms with Crippen LogP contribution in [-0.2, 0) is 7.05 Å². The second kappa shape index (κ2) is 9.26. The van der Waals surface area contributed by atoms with Gasteiger partial charge in [-0.3, -0.25) is 4.79 Å². The van der Waals surface area contributed by atoms with Gasteiger partial charge in [0.25, 0.3) is 5.91 Å². The van der Waals surface area contributed by atoms with Crippen molar-refractivity contribution in [3.8, 4) is 17.1 Å². The van der Waals surface area contributed by atoms with Gasteiger partial charge in [0, 0.05) is 35.7 Å². The molecular weight excluding hydrogens is 424 g/mol. The van der Waals surface area contributed by atoms with E-state index in [9.17, 15) is 4.79 Å². The summed E-state index contributed by atoms with van der Waals surface area (Å²) in [6.45, 7) is -0.767. The molecule has 0 atom stereocenters. The van der Waals surface area contributed by atoms with Crippen LogP contribution in [0.1, 0.15) is 20.0 Å². The van der Waals surface area contributed by atoms with Crippen LogP contribution in [0.3, 0.4) is 0 Å². The third-order valence-corrected chi connectivity index (χ3v) is 4.54. The van der Waals surface area contributed by atoms with E-state index >= 15 is 0 Å². The first-order valence-corrected chi connectivity index (χ1v) is 9.69. The number of rotatable bonds is 7. The molecule has 3 N–H and O–H groups in total. The van der Waals surface area contributed by atoms with Crippen LogP contribution in [-0.4, -0.2) is 55.2 Å². The fourth-order valence-corrected chi connectivity index (χ4v) is 3.05. The molecule has 0 aliphatic carbocycles. The number of carbonyl (C=O) groups excluding carboxylic acids is 1. The topological polar surface area (TPSA) is 145 Å². The lowest BCUT2D eigenvalue weighted by atomic mass is 10.2. The molecule has 168 valence electrons. The smallest absolute Gasteiger partial charge is 0.254 e. The fourth-order valence-electron chi connectivity index (χ4n) is 3.05. The number of tetrazole rings is 1. The first-order valence-electron chi connectivity index (χ1n) is 11.2. The van der Waals surface area contributed by atoms with E-state index in [0.29, 0.717) is 28.8 Å². The molecule has 0 unspecified atom stereocenters. The molecule has 0 saturated carbocycles. The van der Waals surface area contributed by atoms with E-state index < -0.39 is 12.9 Å². The highest BCUT2D eigenvalue weighted by atomic mass is 16.5. The molecule has 1 amide bonds. The van der Waals surface area contributed by atoms with Crippen molar-refractivity contribution in [2.45, 2.75) is 6.92 Å². The Balaban J connectivity index is 1.75. The number of nitrogens with one attached hydrogen (secondary N) is 3. The lowest BCUT2D eigenvalue weighted by Gasteiger charge is -2.16. The average molecular weight is 449 g/mol. The predicted molar refractivity (Wildman–Crippen MR) is 122 cm³/mol. The zero-order valence-corrected chi connectivity index (χ0v) is 18.0. The Labute approximate surface area is 193 Å². The normalized spacial score (nSPS) is 12.3. The van der Waals surface area contributed by atoms with Gasteiger partial charge in [-0.2, -0.15) is 4.80 Å². The standard InChI is InChI=1S/C21H22N10O2/c1-12-5-7-23-16(9-12)27-17-10-15(14(11-25-17)21(32)22-2)26-20-18(33-4)13(6-8-24-20)19-28-30-31(3)29-19/h5-11H,1-4H3,(H,22,32)(H2,23,24,25,26,27)/i2D3. The van der Waals surface area contributed by atoms with Crippen LogP contribution < -0.4 is 20.7 Å². The molecule has 0 radical (unpaired) electrons. The maximum Gasteiger partial charge on any atom is 0.254 e. The summed E-state index contributed by atoms with van der Waals surface area (Å²) < 4.78 is 27.7. The Morgan fingerprint density at radius 2 is 1.94 bits per heavy atom. The molecule has 0 bridgehead atoms. The van der Waals surface area contributed by atoms with E-state index in [0.717, 1.165) is 5.56 Å². The Bertz CT molecular complexity index is 1410. The minimum Gasteiger partial charge on any atom is -0.492 e. The molecule has 4 heterocycles. The molecule has 0 fully saturated rings. The number of methoxy groups -OCH3 is 1. The number of aryl methyl sites for hydroxylation is 2. The molecule has 12 heteroatoms. The highest BCUT2D eigenvalue weighted by molar-refractivity contribution is 6.00. The van der Waals surface area contributed by atoms with Crippen molar-refractivity contribution >= 4 is 29.0 Å². The predicted octanol–water partition coefficient (Wildman–Crippen LogP) is 2.23. The van der Waals surface area contributed by atoms with Crippen LogP contribution in [0.4, 0.5) is 23.1 Å². The molecule has 0 aliphatic rings. The van der Waals surface area contributed by atoms with Crippen molar-refractivity contribution in [3.05, 3.63) is 54.0 Å². The van der Waals surface area contributed by atoms with Crippen LogP contribution in [0.5, 0.6) is 5.75 Å². The zero-order valence-electron chi connectivity index (χ0n) is 21.0. The summed E-state index contributed by atoms with van der Waals surface area (Å²) in [6, 6.07) is 6.87. The van der Waals surface area contributed by atoms with Gasteiger partial charge < -0.3 is 20.7 Å². The van der Waals surface area contributed by atoms with Crippen molar-refractivity contribution in [1.29, 1.82) is 0 Å². The van der Waals surface area contributed by atoms with Gasteiger partial charge in [-0.25, -0.2) is 15.0 Å². The second-order valence-corrected chi connectivity index (χ2v) is 6.88. The Kier molecular flexibility index (Phi) is 5.05. The van der Waals surface area contributed by atoms with Crippen LogP contribution >= 0.6 is 0 Å². The maximum atomic E-state index is 12.8. The van der Waals surface area contributed by atoms with Crippen molar-refractivity contribution in [2.75, 3.05) is 24.7 Å². The van der Waals surface area contributed by atoms with Crippen LogP contribution in [0.15, 0.2) is 42.9 Å². The van der Waals surface area contributed by atoms with Gasteiger partial charge in [-0.1, -0.05) is 0 Å². The van der Waals surface area contributed by atoms with Crippen molar-refractivity contribution < 1.29 is 13.6 Å². The summed E-state index contributed by atoms with van der Waals surface area (Å²) in [5.41, 5.74) is 1.69. The molecule has 4 aromatic heterocycles. The summed E-state index contributed by atoms with van der Waals surface area (Å²) in [7, 11) is 3.08. The average Bonchev–Trinajstić information content (AvgIpc) is 3.24. The van der Waals surface area contributed by atoms with E-state index in [1.165, 1.54) is 30.4 Å². The van der Waals surface area contributed by atoms with Crippen molar-refractivity contribution in [3.63, 3.8) is 0 Å². The Morgan fingerprint density at radius 1 is 1.12 bits per heavy atom. The Hall–Kier alpha value is -4.61. The van der Waals surface area contributed by atoms with Crippen LogP contribution in [0, 0.1) is 6.92 Å². The second-order valence-electron chi connectivity index (χ2n) is 6.88. The number of carbonyl (C=O) groups is 1. The number of pyridine rings is 3. The van der Waals surface area contributed by atoms with Gasteiger partial charge >= 0.3 is 0 Å². The third kappa shape index (κ3) is 4.69. The Morgan fingerprint density at radius 3 is 2.67 bits per heavy atom. The van der Waals surface area contributed by atoms with E-state index in [2.05, 4.69) is 41.0 Å². The minimum absolute atomic E-state index is 0.0271. The van der Waals surface area contributed by atoms with Crippen molar-refractivity contribution in [1.82, 2.24) is 40.5 Å². The van der Waals surface area contributed by atoms with Crippen molar-refractivity contribution in [2.24, 2.45) is 7.05 Å². The van der Waals surface area contributed by atoms with Gasteiger partial charge in [0.15, 0.2) is 11.6 Å². The summed E-state index contributed by atoms with van der Waals surface area (Å²) >= 11 is 0. The van der Waals surface area contributed by atoms with E-state index in [1.807, 2.05) is 24.4 Å². The molecule has 0 saturated heterocycles. The number of nitrogens with zero attached hydrogens (tertiary/aromatic N) is 7. The molecule has 0 aliphatic heterocycles. The molecular formula is C21H22N10O2. The number of aromatic nitrogens is 7. The third-order valence-electron chi connectivity index (χ3n) is 4.54. The molecule has 0 aromatic carbocycles. The first-order chi connectivity index (χ1) is 17.1. The number of hydrogen-bond donors (Lipinski definition) is 3. The van der Waals surface area contributed by atoms with Gasteiger partial charge in [0.1, 0.15) is 11.6 Å². The van der Waals surface area contributed by atoms with Crippen LogP contribution in [0.25, 0.3) is 11.4 Å². The van der Waals surface area contributed by atoms with Gasteiger partial charge in [-0.05, 0) is 35.9 Å². The molecule has 0 spiro atoms. The highest BCUT2D eigenvalue weighted by Gasteiger charge is 2.19. The largest absolute Gasteiger partial charge is 0.492 e. The first kappa shape index (κ1) is 18.0. The minimum atomic E-state index is -2.69. The molecule has 4 rings (SSSR count). The quantitative estimate of drug-likeness (QED) is 0.384. The fraction of sp³-hybridized carbons (Fsp3) is 0.190. The van der Waals surface area contributed by atoms with E-state index in [-0.39, 0.29) is 17.1 Å². The lowest BCUT2D eigenvalue weighted by Crippen LogP contribution is -2.20. The number of ether oxygens (including phenoxy) is 1. The molecule has 33 heavy (non-hydrogen) atoms. The van der Waals surface area contributed by atoms with Gasteiger partial charge in [-0.15, -0.1) is 10.2 Å². The summed E-state index contributed by atoms with van der Waals surface area (Å²) in [5.74, 6) is 0.876. The summed E-state index contributed by atoms with van der Waals surface area (Å²) in [6.07, 6.45) is 4.41. The van der Waals surface area contributed by atoms with Gasteiger partial charge in [0.05, 0.1) is 31.0 Å². The lowest BCUT2D eigenvalue weighted by molar-refractivity contribution is 0.0963. The monoisotopic (exact) mass is 449 g/mol. The zero-order chi connectivity index (χ0) is 25.9. The number of hydrogen-bond acceptors (Lipinski definition) is 10. The SMILES string of the molecule is [2H]C([2H])([2H])NC(=O)c1cnc(Nc2cc(C)ccn2)cc1Nc1nccc(-c2nnn(C)n2)c1OC. The molecule has 4 aromatic rings. The number of anilines is 4. The van der Waals surface area contributed by atoms with E-state index in [4.69, 9.17) is 8.85 Å². The summed E-state index contributed by atoms with van der Waals surface area (Å²) in [5, 5.41) is 20.1.